The minimum Gasteiger partial charge on any atom is -0.379 e. The van der Waals surface area contributed by atoms with Crippen LogP contribution in [0.3, 0.4) is 0 Å². The predicted octanol–water partition coefficient (Wildman–Crippen LogP) is 3.47. The zero-order chi connectivity index (χ0) is 13.0. The molecule has 0 amide bonds. The van der Waals surface area contributed by atoms with Crippen molar-refractivity contribution in [3.8, 4) is 0 Å². The molecular weight excluding hydrogens is 222 g/mol. The molecule has 1 aliphatic heterocycles. The number of rotatable bonds is 5. The highest BCUT2D eigenvalue weighted by molar-refractivity contribution is 5.25. The second kappa shape index (κ2) is 5.85. The molecule has 2 rings (SSSR count). The van der Waals surface area contributed by atoms with Gasteiger partial charge in [-0.3, -0.25) is 0 Å². The number of nitrogens with one attached hydrogen (secondary N) is 1. The fraction of sp³-hybridized carbons (Fsp3) is 0.625. The molecule has 1 fully saturated rings. The Hall–Kier alpha value is -0.860. The quantitative estimate of drug-likeness (QED) is 0.860. The van der Waals surface area contributed by atoms with Gasteiger partial charge in [-0.2, -0.15) is 0 Å². The Bertz CT molecular complexity index is 363. The zero-order valence-electron chi connectivity index (χ0n) is 11.8. The second-order valence-corrected chi connectivity index (χ2v) is 5.85. The van der Waals surface area contributed by atoms with E-state index in [9.17, 15) is 0 Å². The highest BCUT2D eigenvalue weighted by Crippen LogP contribution is 2.24. The molecule has 0 bridgehead atoms. The van der Waals surface area contributed by atoms with E-state index in [1.165, 1.54) is 24.0 Å². The van der Waals surface area contributed by atoms with E-state index in [-0.39, 0.29) is 5.60 Å². The van der Waals surface area contributed by atoms with Crippen molar-refractivity contribution in [2.45, 2.75) is 51.2 Å². The van der Waals surface area contributed by atoms with Gasteiger partial charge in [0.15, 0.2) is 0 Å². The molecule has 1 N–H and O–H groups in total. The number of ether oxygens (including phenoxy) is 1. The maximum Gasteiger partial charge on any atom is 0.0625 e. The standard InChI is InChI=1S/C16H25NO/c1-16(2,18-3)11-10-13-6-8-14(9-7-13)15-5-4-12-17-15/h6-9,15,17H,4-5,10-12H2,1-3H3. The summed E-state index contributed by atoms with van der Waals surface area (Å²) in [6, 6.07) is 9.66. The van der Waals surface area contributed by atoms with E-state index in [4.69, 9.17) is 4.74 Å². The van der Waals surface area contributed by atoms with Gasteiger partial charge in [0.25, 0.3) is 0 Å². The summed E-state index contributed by atoms with van der Waals surface area (Å²) in [6.07, 6.45) is 4.72. The number of benzene rings is 1. The molecule has 1 aromatic rings. The highest BCUT2D eigenvalue weighted by atomic mass is 16.5. The largest absolute Gasteiger partial charge is 0.379 e. The molecule has 0 spiro atoms. The van der Waals surface area contributed by atoms with Gasteiger partial charge in [-0.25, -0.2) is 0 Å². The van der Waals surface area contributed by atoms with Gasteiger partial charge in [0.05, 0.1) is 5.60 Å². The molecule has 0 aliphatic carbocycles. The molecule has 0 radical (unpaired) electrons. The van der Waals surface area contributed by atoms with Crippen molar-refractivity contribution in [3.63, 3.8) is 0 Å². The van der Waals surface area contributed by atoms with Crippen molar-refractivity contribution in [1.82, 2.24) is 5.32 Å². The van der Waals surface area contributed by atoms with E-state index in [0.717, 1.165) is 19.4 Å². The van der Waals surface area contributed by atoms with Crippen LogP contribution in [0.25, 0.3) is 0 Å². The number of aryl methyl sites for hydroxylation is 1. The van der Waals surface area contributed by atoms with Crippen LogP contribution in [0.15, 0.2) is 24.3 Å². The summed E-state index contributed by atoms with van der Waals surface area (Å²) in [5, 5.41) is 3.54. The van der Waals surface area contributed by atoms with Crippen LogP contribution in [-0.2, 0) is 11.2 Å². The average Bonchev–Trinajstić information content (AvgIpc) is 2.91. The van der Waals surface area contributed by atoms with Gasteiger partial charge in [-0.05, 0) is 57.2 Å². The van der Waals surface area contributed by atoms with Gasteiger partial charge in [-0.1, -0.05) is 24.3 Å². The Labute approximate surface area is 111 Å². The fourth-order valence-electron chi connectivity index (χ4n) is 2.43. The third-order valence-electron chi connectivity index (χ3n) is 4.01. The Kier molecular flexibility index (Phi) is 4.41. The van der Waals surface area contributed by atoms with Crippen LogP contribution in [0.5, 0.6) is 0 Å². The second-order valence-electron chi connectivity index (χ2n) is 5.85. The lowest BCUT2D eigenvalue weighted by Gasteiger charge is -2.22. The van der Waals surface area contributed by atoms with Crippen LogP contribution in [0, 0.1) is 0 Å². The molecule has 2 heteroatoms. The topological polar surface area (TPSA) is 21.3 Å². The van der Waals surface area contributed by atoms with E-state index in [0.29, 0.717) is 6.04 Å². The molecule has 18 heavy (non-hydrogen) atoms. The van der Waals surface area contributed by atoms with Crippen LogP contribution in [0.1, 0.15) is 50.3 Å². The van der Waals surface area contributed by atoms with Crippen molar-refractivity contribution < 1.29 is 4.74 Å². The van der Waals surface area contributed by atoms with Crippen LogP contribution in [-0.4, -0.2) is 19.3 Å². The third-order valence-corrected chi connectivity index (χ3v) is 4.01. The minimum atomic E-state index is -0.0221. The van der Waals surface area contributed by atoms with Gasteiger partial charge in [0.2, 0.25) is 0 Å². The highest BCUT2D eigenvalue weighted by Gasteiger charge is 2.17. The minimum absolute atomic E-state index is 0.0221. The summed E-state index contributed by atoms with van der Waals surface area (Å²) in [5.41, 5.74) is 2.82. The fourth-order valence-corrected chi connectivity index (χ4v) is 2.43. The van der Waals surface area contributed by atoms with Gasteiger partial charge >= 0.3 is 0 Å². The lowest BCUT2D eigenvalue weighted by atomic mass is 9.97. The number of methoxy groups -OCH3 is 1. The molecule has 1 saturated heterocycles. The zero-order valence-corrected chi connectivity index (χ0v) is 11.8. The Morgan fingerprint density at radius 3 is 2.56 bits per heavy atom. The normalized spacial score (nSPS) is 20.3. The molecule has 100 valence electrons. The van der Waals surface area contributed by atoms with E-state index in [1.807, 2.05) is 0 Å². The summed E-state index contributed by atoms with van der Waals surface area (Å²) in [5.74, 6) is 0. The maximum absolute atomic E-state index is 5.45. The number of hydrogen-bond donors (Lipinski definition) is 1. The van der Waals surface area contributed by atoms with Crippen molar-refractivity contribution in [3.05, 3.63) is 35.4 Å². The maximum atomic E-state index is 5.45. The van der Waals surface area contributed by atoms with Crippen LogP contribution in [0.2, 0.25) is 0 Å². The van der Waals surface area contributed by atoms with Crippen LogP contribution >= 0.6 is 0 Å². The van der Waals surface area contributed by atoms with Crippen LogP contribution < -0.4 is 5.32 Å². The first kappa shape index (κ1) is 13.6. The molecule has 1 aromatic carbocycles. The average molecular weight is 247 g/mol. The van der Waals surface area contributed by atoms with E-state index in [1.54, 1.807) is 7.11 Å². The van der Waals surface area contributed by atoms with Gasteiger partial charge in [0.1, 0.15) is 0 Å². The van der Waals surface area contributed by atoms with Crippen molar-refractivity contribution in [2.24, 2.45) is 0 Å². The first-order valence-electron chi connectivity index (χ1n) is 6.98. The first-order chi connectivity index (χ1) is 8.61. The Morgan fingerprint density at radius 1 is 1.28 bits per heavy atom. The monoisotopic (exact) mass is 247 g/mol. The molecule has 2 nitrogen and oxygen atoms in total. The Morgan fingerprint density at radius 2 is 2.00 bits per heavy atom. The summed E-state index contributed by atoms with van der Waals surface area (Å²) < 4.78 is 5.45. The lowest BCUT2D eigenvalue weighted by Crippen LogP contribution is -2.23. The molecule has 0 saturated carbocycles. The summed E-state index contributed by atoms with van der Waals surface area (Å²) in [6.45, 7) is 5.45. The van der Waals surface area contributed by atoms with E-state index < -0.39 is 0 Å². The van der Waals surface area contributed by atoms with E-state index >= 15 is 0 Å². The molecule has 1 unspecified atom stereocenters. The van der Waals surface area contributed by atoms with Crippen molar-refractivity contribution >= 4 is 0 Å². The summed E-state index contributed by atoms with van der Waals surface area (Å²) in [4.78, 5) is 0. The van der Waals surface area contributed by atoms with E-state index in [2.05, 4.69) is 43.4 Å². The Balaban J connectivity index is 1.91. The SMILES string of the molecule is COC(C)(C)CCc1ccc(C2CCCN2)cc1. The molecular formula is C16H25NO. The molecule has 1 aliphatic rings. The number of hydrogen-bond acceptors (Lipinski definition) is 2. The smallest absolute Gasteiger partial charge is 0.0625 e. The van der Waals surface area contributed by atoms with Crippen molar-refractivity contribution in [1.29, 1.82) is 0 Å². The first-order valence-corrected chi connectivity index (χ1v) is 6.98. The van der Waals surface area contributed by atoms with Gasteiger partial charge in [0, 0.05) is 13.2 Å². The van der Waals surface area contributed by atoms with Crippen molar-refractivity contribution in [2.75, 3.05) is 13.7 Å². The lowest BCUT2D eigenvalue weighted by molar-refractivity contribution is 0.0158. The van der Waals surface area contributed by atoms with Crippen LogP contribution in [0.4, 0.5) is 0 Å². The predicted molar refractivity (Wildman–Crippen MR) is 75.8 cm³/mol. The molecule has 1 atom stereocenters. The summed E-state index contributed by atoms with van der Waals surface area (Å²) >= 11 is 0. The third kappa shape index (κ3) is 3.56. The molecule has 1 heterocycles. The summed E-state index contributed by atoms with van der Waals surface area (Å²) in [7, 11) is 1.79. The van der Waals surface area contributed by atoms with Gasteiger partial charge < -0.3 is 10.1 Å². The van der Waals surface area contributed by atoms with Gasteiger partial charge in [-0.15, -0.1) is 0 Å². The molecule has 0 aromatic heterocycles.